The second kappa shape index (κ2) is 7.37. The Balaban J connectivity index is 2.40. The number of rotatable bonds is 6. The van der Waals surface area contributed by atoms with Crippen LogP contribution in [0.3, 0.4) is 0 Å². The molecule has 0 aliphatic carbocycles. The van der Waals surface area contributed by atoms with Crippen LogP contribution in [0.15, 0.2) is 35.3 Å². The van der Waals surface area contributed by atoms with Gasteiger partial charge >= 0.3 is 0 Å². The number of halogens is 1. The largest absolute Gasteiger partial charge is 0.384 e. The van der Waals surface area contributed by atoms with Gasteiger partial charge in [-0.2, -0.15) is 17.0 Å². The highest BCUT2D eigenvalue weighted by Gasteiger charge is 1.99. The van der Waals surface area contributed by atoms with Gasteiger partial charge in [0, 0.05) is 28.2 Å². The fraction of sp³-hybridized carbons (Fsp3) is 0.250. The third kappa shape index (κ3) is 4.30. The lowest BCUT2D eigenvalue weighted by Gasteiger charge is -2.06. The molecule has 4 heteroatoms. The topological polar surface area (TPSA) is 35.8 Å². The first-order chi connectivity index (χ1) is 7.77. The molecule has 0 spiro atoms. The maximum atomic E-state index is 8.77. The van der Waals surface area contributed by atoms with Crippen LogP contribution in [0.1, 0.15) is 5.56 Å². The highest BCUT2D eigenvalue weighted by Crippen LogP contribution is 2.20. The van der Waals surface area contributed by atoms with Gasteiger partial charge in [0.25, 0.3) is 0 Å². The summed E-state index contributed by atoms with van der Waals surface area (Å²) < 4.78 is 0.832. The van der Waals surface area contributed by atoms with Gasteiger partial charge in [0.1, 0.15) is 6.07 Å². The summed E-state index contributed by atoms with van der Waals surface area (Å²) in [5.41, 5.74) is 1.69. The fourth-order valence-electron chi connectivity index (χ4n) is 1.15. The number of hydrogen-bond acceptors (Lipinski definition) is 3. The lowest BCUT2D eigenvalue weighted by Crippen LogP contribution is -2.04. The van der Waals surface area contributed by atoms with Gasteiger partial charge in [-0.15, -0.1) is 6.58 Å². The lowest BCUT2D eigenvalue weighted by atomic mass is 10.2. The van der Waals surface area contributed by atoms with Crippen molar-refractivity contribution in [1.29, 1.82) is 5.26 Å². The van der Waals surface area contributed by atoms with Crippen LogP contribution in [-0.2, 0) is 0 Å². The van der Waals surface area contributed by atoms with E-state index >= 15 is 0 Å². The summed E-state index contributed by atoms with van der Waals surface area (Å²) in [6.45, 7) is 4.58. The van der Waals surface area contributed by atoms with Crippen LogP contribution >= 0.6 is 27.7 Å². The summed E-state index contributed by atoms with van der Waals surface area (Å²) in [5.74, 6) is 2.03. The van der Waals surface area contributed by atoms with Crippen molar-refractivity contribution in [3.8, 4) is 6.07 Å². The van der Waals surface area contributed by atoms with Crippen LogP contribution in [0.25, 0.3) is 0 Å². The van der Waals surface area contributed by atoms with Crippen LogP contribution in [0.5, 0.6) is 0 Å². The van der Waals surface area contributed by atoms with E-state index in [0.29, 0.717) is 5.56 Å². The Morgan fingerprint density at radius 2 is 2.38 bits per heavy atom. The number of nitrogens with zero attached hydrogens (tertiary/aromatic N) is 1. The standard InChI is InChI=1S/C12H13BrN2S/c1-2-6-16-7-5-15-11-4-3-10(9-14)12(13)8-11/h2-4,8,15H,1,5-7H2. The van der Waals surface area contributed by atoms with Gasteiger partial charge in [0.15, 0.2) is 0 Å². The first-order valence-corrected chi connectivity index (χ1v) is 6.85. The van der Waals surface area contributed by atoms with Crippen LogP contribution in [0.2, 0.25) is 0 Å². The van der Waals surface area contributed by atoms with E-state index in [1.807, 2.05) is 36.0 Å². The molecule has 0 heterocycles. The number of nitriles is 1. The fourth-order valence-corrected chi connectivity index (χ4v) is 2.20. The summed E-state index contributed by atoms with van der Waals surface area (Å²) in [6, 6.07) is 7.77. The molecule has 2 nitrogen and oxygen atoms in total. The van der Waals surface area contributed by atoms with Crippen molar-refractivity contribution in [3.63, 3.8) is 0 Å². The summed E-state index contributed by atoms with van der Waals surface area (Å²) in [4.78, 5) is 0. The molecular formula is C12H13BrN2S. The second-order valence-corrected chi connectivity index (χ2v) is 5.10. The van der Waals surface area contributed by atoms with E-state index in [1.165, 1.54) is 0 Å². The predicted octanol–water partition coefficient (Wildman–Crippen LogP) is 3.65. The van der Waals surface area contributed by atoms with Gasteiger partial charge in [0.05, 0.1) is 5.56 Å². The molecule has 0 aliphatic heterocycles. The average molecular weight is 297 g/mol. The van der Waals surface area contributed by atoms with E-state index in [0.717, 1.165) is 28.2 Å². The molecule has 1 aromatic carbocycles. The Bertz CT molecular complexity index is 398. The maximum absolute atomic E-state index is 8.77. The minimum atomic E-state index is 0.659. The quantitative estimate of drug-likeness (QED) is 0.643. The van der Waals surface area contributed by atoms with E-state index in [-0.39, 0.29) is 0 Å². The Morgan fingerprint density at radius 3 is 3.00 bits per heavy atom. The van der Waals surface area contributed by atoms with Crippen molar-refractivity contribution in [1.82, 2.24) is 0 Å². The molecule has 84 valence electrons. The van der Waals surface area contributed by atoms with Crippen molar-refractivity contribution in [2.45, 2.75) is 0 Å². The summed E-state index contributed by atoms with van der Waals surface area (Å²) in [5, 5.41) is 12.1. The monoisotopic (exact) mass is 296 g/mol. The van der Waals surface area contributed by atoms with Gasteiger partial charge in [0.2, 0.25) is 0 Å². The van der Waals surface area contributed by atoms with Gasteiger partial charge in [-0.1, -0.05) is 6.08 Å². The van der Waals surface area contributed by atoms with Crippen molar-refractivity contribution < 1.29 is 0 Å². The first kappa shape index (κ1) is 13.1. The van der Waals surface area contributed by atoms with Crippen LogP contribution in [-0.4, -0.2) is 18.1 Å². The maximum Gasteiger partial charge on any atom is 0.100 e. The van der Waals surface area contributed by atoms with Crippen LogP contribution in [0.4, 0.5) is 5.69 Å². The molecule has 0 radical (unpaired) electrons. The highest BCUT2D eigenvalue weighted by molar-refractivity contribution is 9.10. The van der Waals surface area contributed by atoms with Gasteiger partial charge in [-0.3, -0.25) is 0 Å². The second-order valence-electron chi connectivity index (χ2n) is 3.10. The third-order valence-corrected chi connectivity index (χ3v) is 3.52. The Hall–Kier alpha value is -0.920. The van der Waals surface area contributed by atoms with Crippen molar-refractivity contribution in [2.75, 3.05) is 23.4 Å². The number of hydrogen-bond donors (Lipinski definition) is 1. The molecular weight excluding hydrogens is 284 g/mol. The zero-order valence-electron chi connectivity index (χ0n) is 8.87. The molecule has 1 rings (SSSR count). The molecule has 16 heavy (non-hydrogen) atoms. The molecule has 1 aromatic rings. The van der Waals surface area contributed by atoms with Crippen molar-refractivity contribution in [2.24, 2.45) is 0 Å². The van der Waals surface area contributed by atoms with Gasteiger partial charge < -0.3 is 5.32 Å². The van der Waals surface area contributed by atoms with E-state index in [4.69, 9.17) is 5.26 Å². The molecule has 0 amide bonds. The third-order valence-electron chi connectivity index (χ3n) is 1.90. The molecule has 0 fully saturated rings. The van der Waals surface area contributed by atoms with Gasteiger partial charge in [-0.05, 0) is 34.1 Å². The van der Waals surface area contributed by atoms with Gasteiger partial charge in [-0.25, -0.2) is 0 Å². The molecule has 0 unspecified atom stereocenters. The minimum Gasteiger partial charge on any atom is -0.384 e. The van der Waals surface area contributed by atoms with E-state index in [1.54, 1.807) is 0 Å². The zero-order chi connectivity index (χ0) is 11.8. The Morgan fingerprint density at radius 1 is 1.56 bits per heavy atom. The van der Waals surface area contributed by atoms with Crippen LogP contribution < -0.4 is 5.32 Å². The molecule has 0 saturated heterocycles. The number of anilines is 1. The van der Waals surface area contributed by atoms with Crippen LogP contribution in [0, 0.1) is 11.3 Å². The Kier molecular flexibility index (Phi) is 6.05. The number of thioether (sulfide) groups is 1. The summed E-state index contributed by atoms with van der Waals surface area (Å²) in [7, 11) is 0. The minimum absolute atomic E-state index is 0.659. The number of nitrogens with one attached hydrogen (secondary N) is 1. The number of benzene rings is 1. The molecule has 0 atom stereocenters. The smallest absolute Gasteiger partial charge is 0.100 e. The summed E-state index contributed by atoms with van der Waals surface area (Å²) >= 11 is 5.20. The first-order valence-electron chi connectivity index (χ1n) is 4.90. The molecule has 0 bridgehead atoms. The SMILES string of the molecule is C=CCSCCNc1ccc(C#N)c(Br)c1. The molecule has 0 saturated carbocycles. The molecule has 0 aliphatic rings. The normalized spacial score (nSPS) is 9.50. The van der Waals surface area contributed by atoms with Crippen molar-refractivity contribution >= 4 is 33.4 Å². The molecule has 1 N–H and O–H groups in total. The highest BCUT2D eigenvalue weighted by atomic mass is 79.9. The Labute approximate surface area is 109 Å². The zero-order valence-corrected chi connectivity index (χ0v) is 11.3. The lowest BCUT2D eigenvalue weighted by molar-refractivity contribution is 1.23. The average Bonchev–Trinajstić information content (AvgIpc) is 2.29. The molecule has 0 aromatic heterocycles. The predicted molar refractivity (Wildman–Crippen MR) is 74.9 cm³/mol. The van der Waals surface area contributed by atoms with E-state index < -0.39 is 0 Å². The summed E-state index contributed by atoms with van der Waals surface area (Å²) in [6.07, 6.45) is 1.91. The van der Waals surface area contributed by atoms with E-state index in [9.17, 15) is 0 Å². The van der Waals surface area contributed by atoms with Crippen molar-refractivity contribution in [3.05, 3.63) is 40.9 Å². The van der Waals surface area contributed by atoms with E-state index in [2.05, 4.69) is 33.9 Å².